The lowest BCUT2D eigenvalue weighted by atomic mass is 9.94. The van der Waals surface area contributed by atoms with Crippen molar-refractivity contribution in [1.29, 1.82) is 0 Å². The van der Waals surface area contributed by atoms with Crippen LogP contribution < -0.4 is 4.74 Å². The van der Waals surface area contributed by atoms with Gasteiger partial charge in [-0.2, -0.15) is 0 Å². The molecule has 9 aromatic rings. The number of aromatic nitrogens is 5. The molecule has 1 aliphatic heterocycles. The van der Waals surface area contributed by atoms with E-state index in [0.29, 0.717) is 0 Å². The predicted octanol–water partition coefficient (Wildman–Crippen LogP) is 9.40. The van der Waals surface area contributed by atoms with Crippen LogP contribution in [-0.4, -0.2) is 30.2 Å². The maximum absolute atomic E-state index is 6.22. The predicted molar refractivity (Wildman–Crippen MR) is 187 cm³/mol. The topological polar surface area (TPSA) is 57.8 Å². The quantitative estimate of drug-likeness (QED) is 0.196. The molecular weight excluding hydrogens is 587 g/mol. The zero-order valence-electron chi connectivity index (χ0n) is 24.3. The van der Waals surface area contributed by atoms with Gasteiger partial charge in [-0.3, -0.25) is 15.0 Å². The van der Waals surface area contributed by atoms with Crippen molar-refractivity contribution >= 4 is 81.1 Å². The number of hydrogen-bond donors (Lipinski definition) is 0. The van der Waals surface area contributed by atoms with E-state index in [1.807, 2.05) is 54.2 Å². The summed E-state index contributed by atoms with van der Waals surface area (Å²) in [5, 5.41) is 4.86. The second-order valence-electron chi connectivity index (χ2n) is 12.0. The van der Waals surface area contributed by atoms with Gasteiger partial charge in [0.1, 0.15) is 11.9 Å². The molecule has 11 rings (SSSR count). The van der Waals surface area contributed by atoms with Gasteiger partial charge in [0.05, 0.1) is 44.7 Å². The lowest BCUT2D eigenvalue weighted by Gasteiger charge is -2.19. The third-order valence-corrected chi connectivity index (χ3v) is 10.8. The van der Waals surface area contributed by atoms with Crippen LogP contribution in [0.15, 0.2) is 128 Å². The van der Waals surface area contributed by atoms with E-state index < -0.39 is 0 Å². The van der Waals surface area contributed by atoms with E-state index in [1.54, 1.807) is 0 Å². The number of hydrogen-bond acceptors (Lipinski definition) is 5. The minimum Gasteiger partial charge on any atom is -0.483 e. The number of rotatable bonds is 2. The summed E-state index contributed by atoms with van der Waals surface area (Å²) in [4.78, 5) is 14.6. The first-order valence-electron chi connectivity index (χ1n) is 15.4. The Kier molecular flexibility index (Phi) is 4.74. The average molecular weight is 610 g/mol. The molecule has 7 heterocycles. The minimum atomic E-state index is -0.0387. The van der Waals surface area contributed by atoms with Crippen molar-refractivity contribution in [2.45, 2.75) is 12.0 Å². The molecule has 6 nitrogen and oxygen atoms in total. The number of ether oxygens (including phenoxy) is 1. The molecule has 1 unspecified atom stereocenters. The molecule has 0 fully saturated rings. The van der Waals surface area contributed by atoms with Gasteiger partial charge >= 0.3 is 0 Å². The fraction of sp³-hybridized carbons (Fsp3) is 0.0513. The highest BCUT2D eigenvalue weighted by molar-refractivity contribution is 7.27. The van der Waals surface area contributed by atoms with Crippen molar-refractivity contribution in [3.05, 3.63) is 134 Å². The Balaban J connectivity index is 1.21. The second kappa shape index (κ2) is 8.90. The molecule has 0 saturated carbocycles. The van der Waals surface area contributed by atoms with Crippen LogP contribution in [0.1, 0.15) is 11.6 Å². The number of fused-ring (bicyclic) bond motifs is 14. The molecule has 1 aliphatic carbocycles. The Bertz CT molecular complexity index is 2800. The van der Waals surface area contributed by atoms with Crippen LogP contribution in [0.5, 0.6) is 5.75 Å². The van der Waals surface area contributed by atoms with Gasteiger partial charge in [-0.05, 0) is 78.9 Å². The first-order chi connectivity index (χ1) is 22.8. The average Bonchev–Trinajstić information content (AvgIpc) is 3.85. The molecule has 0 spiro atoms. The van der Waals surface area contributed by atoms with Crippen LogP contribution in [0.25, 0.3) is 75.4 Å². The van der Waals surface area contributed by atoms with Crippen LogP contribution in [0.4, 0.5) is 0 Å². The van der Waals surface area contributed by atoms with E-state index in [4.69, 9.17) is 14.7 Å². The fourth-order valence-electron chi connectivity index (χ4n) is 7.69. The molecular formula is C39H23N5OS. The maximum atomic E-state index is 6.22. The summed E-state index contributed by atoms with van der Waals surface area (Å²) in [7, 11) is 0. The Labute approximate surface area is 266 Å². The van der Waals surface area contributed by atoms with Crippen molar-refractivity contribution in [1.82, 2.24) is 24.1 Å². The Morgan fingerprint density at radius 2 is 1.26 bits per heavy atom. The molecule has 0 radical (unpaired) electrons. The molecule has 3 aromatic carbocycles. The summed E-state index contributed by atoms with van der Waals surface area (Å²) in [5.41, 5.74) is 9.76. The molecule has 216 valence electrons. The fourth-order valence-corrected chi connectivity index (χ4v) is 9.08. The molecule has 2 atom stereocenters. The van der Waals surface area contributed by atoms with E-state index in [-0.39, 0.29) is 12.0 Å². The highest BCUT2D eigenvalue weighted by atomic mass is 32.1. The Hall–Kier alpha value is -5.79. The number of benzene rings is 3. The summed E-state index contributed by atoms with van der Waals surface area (Å²) in [6.07, 6.45) is 12.3. The zero-order chi connectivity index (χ0) is 29.9. The standard InChI is InChI=1S/C39H23N5OS/c1-2-7-22(8-3-1)43-27-15-13-24-25-14-16-28-34(39(25)46-38(24)33(27)36-29(43)9-4-18-41-36)37-30(10-5-19-42-37)44(28)23-12-17-31-26(21-23)35-32(45-31)11-6-20-40-35/h1-21,26,31H/t26-,31?/m1/s1. The summed E-state index contributed by atoms with van der Waals surface area (Å²) < 4.78 is 13.4. The van der Waals surface area contributed by atoms with Crippen molar-refractivity contribution in [3.8, 4) is 11.4 Å². The summed E-state index contributed by atoms with van der Waals surface area (Å²) in [5.74, 6) is 0.932. The van der Waals surface area contributed by atoms with Crippen molar-refractivity contribution in [2.75, 3.05) is 0 Å². The monoisotopic (exact) mass is 609 g/mol. The lowest BCUT2D eigenvalue weighted by molar-refractivity contribution is 0.269. The van der Waals surface area contributed by atoms with Gasteiger partial charge in [0.25, 0.3) is 0 Å². The smallest absolute Gasteiger partial charge is 0.142 e. The molecule has 0 N–H and O–H groups in total. The molecule has 0 amide bonds. The van der Waals surface area contributed by atoms with Gasteiger partial charge in [0.2, 0.25) is 0 Å². The second-order valence-corrected chi connectivity index (χ2v) is 13.0. The van der Waals surface area contributed by atoms with Gasteiger partial charge < -0.3 is 13.9 Å². The van der Waals surface area contributed by atoms with Gasteiger partial charge in [-0.15, -0.1) is 11.3 Å². The minimum absolute atomic E-state index is 0.0387. The van der Waals surface area contributed by atoms with E-state index in [0.717, 1.165) is 55.9 Å². The molecule has 0 bridgehead atoms. The van der Waals surface area contributed by atoms with Crippen LogP contribution in [0, 0.1) is 0 Å². The van der Waals surface area contributed by atoms with Crippen LogP contribution in [0.3, 0.4) is 0 Å². The summed E-state index contributed by atoms with van der Waals surface area (Å²) in [6, 6.07) is 32.0. The van der Waals surface area contributed by atoms with E-state index in [2.05, 4.69) is 99.1 Å². The van der Waals surface area contributed by atoms with E-state index in [1.165, 1.54) is 30.9 Å². The Morgan fingerprint density at radius 3 is 2.00 bits per heavy atom. The number of pyridine rings is 3. The third-order valence-electron chi connectivity index (χ3n) is 9.59. The summed E-state index contributed by atoms with van der Waals surface area (Å²) in [6.45, 7) is 0. The first kappa shape index (κ1) is 24.5. The van der Waals surface area contributed by atoms with Gasteiger partial charge in [0, 0.05) is 60.9 Å². The zero-order valence-corrected chi connectivity index (χ0v) is 25.1. The SMILES string of the molecule is C1=CC2Oc3cccnc3[C@@H]2C=C1n1c2cccnc2c2c3sc4c(ccc5c4c4ncccc4n5-c4ccccc4)c3ccc21. The van der Waals surface area contributed by atoms with Crippen molar-refractivity contribution in [2.24, 2.45) is 0 Å². The van der Waals surface area contributed by atoms with Crippen LogP contribution >= 0.6 is 11.3 Å². The lowest BCUT2D eigenvalue weighted by Crippen LogP contribution is -2.18. The number of para-hydroxylation sites is 1. The number of thiophene rings is 1. The van der Waals surface area contributed by atoms with Crippen molar-refractivity contribution < 1.29 is 4.74 Å². The van der Waals surface area contributed by atoms with E-state index in [9.17, 15) is 0 Å². The van der Waals surface area contributed by atoms with Gasteiger partial charge in [-0.1, -0.05) is 30.3 Å². The van der Waals surface area contributed by atoms with Gasteiger partial charge in [-0.25, -0.2) is 0 Å². The van der Waals surface area contributed by atoms with Crippen LogP contribution in [0.2, 0.25) is 0 Å². The highest BCUT2D eigenvalue weighted by Crippen LogP contribution is 2.48. The van der Waals surface area contributed by atoms with Gasteiger partial charge in [0.15, 0.2) is 0 Å². The third kappa shape index (κ3) is 3.12. The first-order valence-corrected chi connectivity index (χ1v) is 16.2. The molecule has 46 heavy (non-hydrogen) atoms. The molecule has 2 aliphatic rings. The largest absolute Gasteiger partial charge is 0.483 e. The van der Waals surface area contributed by atoms with Crippen molar-refractivity contribution in [3.63, 3.8) is 0 Å². The Morgan fingerprint density at radius 1 is 0.609 bits per heavy atom. The molecule has 0 saturated heterocycles. The summed E-state index contributed by atoms with van der Waals surface area (Å²) >= 11 is 1.85. The molecule has 7 heteroatoms. The molecule has 6 aromatic heterocycles. The number of allylic oxidation sites excluding steroid dienone is 2. The van der Waals surface area contributed by atoms with Crippen LogP contribution in [-0.2, 0) is 0 Å². The highest BCUT2D eigenvalue weighted by Gasteiger charge is 2.35. The number of nitrogens with zero attached hydrogens (tertiary/aromatic N) is 5. The van der Waals surface area contributed by atoms with E-state index >= 15 is 0 Å². The maximum Gasteiger partial charge on any atom is 0.142 e. The normalized spacial score (nSPS) is 17.3.